The minimum atomic E-state index is -0.971. The van der Waals surface area contributed by atoms with E-state index in [1.165, 1.54) is 12.3 Å². The minimum absolute atomic E-state index is 0.0175. The van der Waals surface area contributed by atoms with Gasteiger partial charge < -0.3 is 15.5 Å². The van der Waals surface area contributed by atoms with Crippen LogP contribution in [0.4, 0.5) is 0 Å². The summed E-state index contributed by atoms with van der Waals surface area (Å²) < 4.78 is 0.805. The molecule has 0 saturated heterocycles. The van der Waals surface area contributed by atoms with Gasteiger partial charge in [-0.2, -0.15) is 0 Å². The standard InChI is InChI=1S/C14H16INO4/c15-12-9-10(1-3-13(12)18)5-7-16-8-6-11(17)2-4-14(19)20/h1,3,6,8-9,16,18H,2,4-5,7H2,(H,19,20)/b8-6+. The molecule has 0 aliphatic carbocycles. The molecule has 0 fully saturated rings. The molecule has 6 heteroatoms. The third-order valence-corrected chi connectivity index (χ3v) is 3.41. The molecule has 5 nitrogen and oxygen atoms in total. The predicted octanol–water partition coefficient (Wildman–Crippen LogP) is 2.08. The number of phenols is 1. The Kier molecular flexibility index (Phi) is 7.06. The van der Waals surface area contributed by atoms with Gasteiger partial charge in [-0.05, 0) is 59.0 Å². The van der Waals surface area contributed by atoms with Crippen LogP contribution in [0, 0.1) is 3.57 Å². The molecule has 0 atom stereocenters. The molecule has 0 unspecified atom stereocenters. The molecule has 0 radical (unpaired) electrons. The van der Waals surface area contributed by atoms with Crippen LogP contribution < -0.4 is 5.32 Å². The first-order valence-corrected chi connectivity index (χ1v) is 7.19. The first-order chi connectivity index (χ1) is 9.49. The van der Waals surface area contributed by atoms with Gasteiger partial charge in [0, 0.05) is 13.0 Å². The van der Waals surface area contributed by atoms with E-state index in [2.05, 4.69) is 27.9 Å². The van der Waals surface area contributed by atoms with Crippen molar-refractivity contribution in [1.82, 2.24) is 5.32 Å². The first kappa shape index (κ1) is 16.5. The zero-order chi connectivity index (χ0) is 15.0. The number of nitrogens with one attached hydrogen (secondary N) is 1. The fourth-order valence-electron chi connectivity index (χ4n) is 1.47. The maximum Gasteiger partial charge on any atom is 0.303 e. The van der Waals surface area contributed by atoms with Gasteiger partial charge >= 0.3 is 5.97 Å². The summed E-state index contributed by atoms with van der Waals surface area (Å²) in [6.07, 6.45) is 3.53. The Morgan fingerprint density at radius 2 is 2.05 bits per heavy atom. The molecule has 0 bridgehead atoms. The highest BCUT2D eigenvalue weighted by atomic mass is 127. The highest BCUT2D eigenvalue weighted by Gasteiger charge is 2.01. The lowest BCUT2D eigenvalue weighted by atomic mass is 10.1. The Labute approximate surface area is 130 Å². The Balaban J connectivity index is 2.25. The highest BCUT2D eigenvalue weighted by molar-refractivity contribution is 14.1. The van der Waals surface area contributed by atoms with Crippen molar-refractivity contribution in [2.24, 2.45) is 0 Å². The second-order valence-corrected chi connectivity index (χ2v) is 5.35. The number of ketones is 1. The third-order valence-electron chi connectivity index (χ3n) is 2.54. The summed E-state index contributed by atoms with van der Waals surface area (Å²) >= 11 is 2.06. The zero-order valence-corrected chi connectivity index (χ0v) is 13.0. The lowest BCUT2D eigenvalue weighted by Gasteiger charge is -2.03. The van der Waals surface area contributed by atoms with Crippen LogP contribution in [-0.4, -0.2) is 28.5 Å². The smallest absolute Gasteiger partial charge is 0.303 e. The number of halogens is 1. The van der Waals surface area contributed by atoms with E-state index in [0.717, 1.165) is 15.6 Å². The molecule has 0 saturated carbocycles. The average Bonchev–Trinajstić information content (AvgIpc) is 2.40. The molecule has 0 heterocycles. The Morgan fingerprint density at radius 1 is 1.30 bits per heavy atom. The molecule has 0 spiro atoms. The van der Waals surface area contributed by atoms with Gasteiger partial charge in [0.15, 0.2) is 5.78 Å². The number of hydrogen-bond donors (Lipinski definition) is 3. The average molecular weight is 389 g/mol. The highest BCUT2D eigenvalue weighted by Crippen LogP contribution is 2.20. The van der Waals surface area contributed by atoms with Crippen molar-refractivity contribution in [1.29, 1.82) is 0 Å². The fraction of sp³-hybridized carbons (Fsp3) is 0.286. The van der Waals surface area contributed by atoms with Gasteiger partial charge in [-0.3, -0.25) is 9.59 Å². The summed E-state index contributed by atoms with van der Waals surface area (Å²) in [4.78, 5) is 21.5. The number of rotatable bonds is 8. The van der Waals surface area contributed by atoms with E-state index in [1.807, 2.05) is 12.1 Å². The van der Waals surface area contributed by atoms with Crippen LogP contribution >= 0.6 is 22.6 Å². The van der Waals surface area contributed by atoms with E-state index in [-0.39, 0.29) is 24.4 Å². The number of carbonyl (C=O) groups excluding carboxylic acids is 1. The maximum absolute atomic E-state index is 11.2. The predicted molar refractivity (Wildman–Crippen MR) is 83.5 cm³/mol. The quantitative estimate of drug-likeness (QED) is 0.360. The molecule has 0 aliphatic rings. The molecular weight excluding hydrogens is 373 g/mol. The zero-order valence-electron chi connectivity index (χ0n) is 10.8. The lowest BCUT2D eigenvalue weighted by Crippen LogP contribution is -2.11. The Bertz CT molecular complexity index is 514. The molecule has 20 heavy (non-hydrogen) atoms. The van der Waals surface area contributed by atoms with E-state index in [4.69, 9.17) is 5.11 Å². The van der Waals surface area contributed by atoms with Gasteiger partial charge in [0.25, 0.3) is 0 Å². The molecule has 0 aliphatic heterocycles. The Morgan fingerprint density at radius 3 is 2.70 bits per heavy atom. The summed E-state index contributed by atoms with van der Waals surface area (Å²) in [7, 11) is 0. The maximum atomic E-state index is 11.2. The summed E-state index contributed by atoms with van der Waals surface area (Å²) in [6.45, 7) is 0.656. The number of carboxylic acid groups (broad SMARTS) is 1. The molecule has 1 aromatic carbocycles. The molecule has 3 N–H and O–H groups in total. The largest absolute Gasteiger partial charge is 0.507 e. The molecular formula is C14H16INO4. The van der Waals surface area contributed by atoms with Gasteiger partial charge in [0.05, 0.1) is 9.99 Å². The third kappa shape index (κ3) is 6.55. The van der Waals surface area contributed by atoms with E-state index >= 15 is 0 Å². The second-order valence-electron chi connectivity index (χ2n) is 4.18. The molecule has 1 rings (SSSR count). The van der Waals surface area contributed by atoms with Crippen molar-refractivity contribution < 1.29 is 19.8 Å². The SMILES string of the molecule is O=C(O)CCC(=O)/C=C/NCCc1ccc(O)c(I)c1. The van der Waals surface area contributed by atoms with Crippen LogP contribution in [0.5, 0.6) is 5.75 Å². The van der Waals surface area contributed by atoms with Crippen molar-refractivity contribution >= 4 is 34.3 Å². The van der Waals surface area contributed by atoms with Crippen molar-refractivity contribution in [2.75, 3.05) is 6.54 Å². The van der Waals surface area contributed by atoms with E-state index < -0.39 is 5.97 Å². The van der Waals surface area contributed by atoms with Gasteiger partial charge in [-0.15, -0.1) is 0 Å². The minimum Gasteiger partial charge on any atom is -0.507 e. The molecule has 0 aromatic heterocycles. The number of allylic oxidation sites excluding steroid dienone is 1. The van der Waals surface area contributed by atoms with E-state index in [0.29, 0.717) is 6.54 Å². The van der Waals surface area contributed by atoms with Crippen LogP contribution in [0.25, 0.3) is 0 Å². The summed E-state index contributed by atoms with van der Waals surface area (Å²) in [5, 5.41) is 20.8. The molecule has 108 valence electrons. The number of aliphatic carboxylic acids is 1. The number of benzene rings is 1. The van der Waals surface area contributed by atoms with Gasteiger partial charge in [0.1, 0.15) is 5.75 Å². The topological polar surface area (TPSA) is 86.6 Å². The number of carbonyl (C=O) groups is 2. The fourth-order valence-corrected chi connectivity index (χ4v) is 2.05. The molecule has 0 amide bonds. The lowest BCUT2D eigenvalue weighted by molar-refractivity contribution is -0.138. The van der Waals surface area contributed by atoms with Gasteiger partial charge in [0.2, 0.25) is 0 Å². The summed E-state index contributed by atoms with van der Waals surface area (Å²) in [5.74, 6) is -0.910. The van der Waals surface area contributed by atoms with Gasteiger partial charge in [-0.25, -0.2) is 0 Å². The van der Waals surface area contributed by atoms with Crippen molar-refractivity contribution in [3.05, 3.63) is 39.6 Å². The number of phenolic OH excluding ortho intramolecular Hbond substituents is 1. The summed E-state index contributed by atoms with van der Waals surface area (Å²) in [6, 6.07) is 5.41. The van der Waals surface area contributed by atoms with Crippen LogP contribution in [0.15, 0.2) is 30.5 Å². The van der Waals surface area contributed by atoms with E-state index in [9.17, 15) is 14.7 Å². The normalized spacial score (nSPS) is 10.7. The Hall–Kier alpha value is -1.57. The number of hydrogen-bond acceptors (Lipinski definition) is 4. The number of carboxylic acids is 1. The van der Waals surface area contributed by atoms with Crippen LogP contribution in [0.3, 0.4) is 0 Å². The second kappa shape index (κ2) is 8.57. The summed E-state index contributed by atoms with van der Waals surface area (Å²) in [5.41, 5.74) is 1.09. The monoisotopic (exact) mass is 389 g/mol. The molecule has 1 aromatic rings. The van der Waals surface area contributed by atoms with Crippen LogP contribution in [0.2, 0.25) is 0 Å². The number of aromatic hydroxyl groups is 1. The van der Waals surface area contributed by atoms with Crippen molar-refractivity contribution in [2.45, 2.75) is 19.3 Å². The first-order valence-electron chi connectivity index (χ1n) is 6.11. The van der Waals surface area contributed by atoms with Crippen molar-refractivity contribution in [3.8, 4) is 5.75 Å². The van der Waals surface area contributed by atoms with Crippen LogP contribution in [0.1, 0.15) is 18.4 Å². The van der Waals surface area contributed by atoms with Gasteiger partial charge in [-0.1, -0.05) is 6.07 Å². The van der Waals surface area contributed by atoms with E-state index in [1.54, 1.807) is 6.07 Å². The van der Waals surface area contributed by atoms with Crippen molar-refractivity contribution in [3.63, 3.8) is 0 Å². The van der Waals surface area contributed by atoms with Crippen LogP contribution in [-0.2, 0) is 16.0 Å².